The Kier molecular flexibility index (Phi) is 4.29. The predicted molar refractivity (Wildman–Crippen MR) is 68.8 cm³/mol. The van der Waals surface area contributed by atoms with E-state index in [9.17, 15) is 4.79 Å². The Balaban J connectivity index is 3.07. The van der Waals surface area contributed by atoms with E-state index in [2.05, 4.69) is 26.0 Å². The predicted octanol–water partition coefficient (Wildman–Crippen LogP) is 1.98. The molecule has 1 rings (SSSR count). The number of rotatable bonds is 4. The van der Waals surface area contributed by atoms with E-state index in [0.29, 0.717) is 6.42 Å². The lowest BCUT2D eigenvalue weighted by Crippen LogP contribution is -2.39. The van der Waals surface area contributed by atoms with Gasteiger partial charge < -0.3 is 10.5 Å². The van der Waals surface area contributed by atoms with Gasteiger partial charge in [0.2, 0.25) is 0 Å². The Morgan fingerprint density at radius 2 is 1.88 bits per heavy atom. The molecular weight excluding hydrogens is 214 g/mol. The van der Waals surface area contributed by atoms with Crippen LogP contribution in [0.2, 0.25) is 0 Å². The van der Waals surface area contributed by atoms with Crippen LogP contribution in [0, 0.1) is 19.3 Å². The summed E-state index contributed by atoms with van der Waals surface area (Å²) >= 11 is 0. The van der Waals surface area contributed by atoms with Gasteiger partial charge in [0.1, 0.15) is 0 Å². The number of ether oxygens (including phenoxy) is 1. The van der Waals surface area contributed by atoms with Crippen molar-refractivity contribution in [3.05, 3.63) is 34.9 Å². The van der Waals surface area contributed by atoms with Crippen LogP contribution in [0.25, 0.3) is 0 Å². The van der Waals surface area contributed by atoms with Crippen molar-refractivity contribution in [1.82, 2.24) is 0 Å². The first-order valence-electron chi connectivity index (χ1n) is 5.78. The molecule has 94 valence electrons. The van der Waals surface area contributed by atoms with Crippen molar-refractivity contribution in [3.8, 4) is 0 Å². The maximum atomic E-state index is 11.8. The van der Waals surface area contributed by atoms with Gasteiger partial charge in [0.05, 0.1) is 12.5 Å². The molecule has 1 unspecified atom stereocenters. The summed E-state index contributed by atoms with van der Waals surface area (Å²) in [5.41, 5.74) is 8.65. The minimum Gasteiger partial charge on any atom is -0.469 e. The minimum atomic E-state index is -0.647. The third-order valence-electron chi connectivity index (χ3n) is 3.34. The first kappa shape index (κ1) is 13.7. The first-order valence-corrected chi connectivity index (χ1v) is 5.78. The van der Waals surface area contributed by atoms with E-state index in [4.69, 9.17) is 10.5 Å². The maximum Gasteiger partial charge on any atom is 0.313 e. The number of hydrogen-bond acceptors (Lipinski definition) is 3. The van der Waals surface area contributed by atoms with Crippen molar-refractivity contribution in [1.29, 1.82) is 0 Å². The molecule has 0 aliphatic rings. The fourth-order valence-electron chi connectivity index (χ4n) is 1.99. The summed E-state index contributed by atoms with van der Waals surface area (Å²) in [6, 6.07) is 6.12. The fourth-order valence-corrected chi connectivity index (χ4v) is 1.99. The van der Waals surface area contributed by atoms with Crippen LogP contribution in [0.1, 0.15) is 23.6 Å². The van der Waals surface area contributed by atoms with Gasteiger partial charge in [-0.3, -0.25) is 4.79 Å². The molecular formula is C14H21NO2. The van der Waals surface area contributed by atoms with Gasteiger partial charge in [-0.1, -0.05) is 18.2 Å². The normalized spacial score (nSPS) is 14.2. The highest BCUT2D eigenvalue weighted by molar-refractivity contribution is 5.77. The molecule has 1 atom stereocenters. The SMILES string of the molecule is COC(=O)C(C)(CN)Cc1c(C)cccc1C. The van der Waals surface area contributed by atoms with Gasteiger partial charge in [0, 0.05) is 6.54 Å². The van der Waals surface area contributed by atoms with Gasteiger partial charge in [0.25, 0.3) is 0 Å². The van der Waals surface area contributed by atoms with Gasteiger partial charge in [-0.15, -0.1) is 0 Å². The molecule has 3 heteroatoms. The zero-order valence-corrected chi connectivity index (χ0v) is 11.0. The number of benzene rings is 1. The Hall–Kier alpha value is -1.35. The molecule has 0 aliphatic carbocycles. The fraction of sp³-hybridized carbons (Fsp3) is 0.500. The smallest absolute Gasteiger partial charge is 0.313 e. The zero-order chi connectivity index (χ0) is 13.1. The lowest BCUT2D eigenvalue weighted by Gasteiger charge is -2.26. The quantitative estimate of drug-likeness (QED) is 0.812. The summed E-state index contributed by atoms with van der Waals surface area (Å²) in [6.07, 6.45) is 0.620. The van der Waals surface area contributed by atoms with Crippen molar-refractivity contribution < 1.29 is 9.53 Å². The minimum absolute atomic E-state index is 0.248. The van der Waals surface area contributed by atoms with Crippen molar-refractivity contribution in [2.24, 2.45) is 11.1 Å². The van der Waals surface area contributed by atoms with Crippen molar-refractivity contribution >= 4 is 5.97 Å². The molecule has 1 aromatic rings. The van der Waals surface area contributed by atoms with E-state index in [0.717, 1.165) is 0 Å². The van der Waals surface area contributed by atoms with E-state index < -0.39 is 5.41 Å². The Morgan fingerprint density at radius 3 is 2.29 bits per heavy atom. The molecule has 0 bridgehead atoms. The second-order valence-electron chi connectivity index (χ2n) is 4.80. The van der Waals surface area contributed by atoms with Gasteiger partial charge in [-0.2, -0.15) is 0 Å². The molecule has 17 heavy (non-hydrogen) atoms. The average molecular weight is 235 g/mol. The lowest BCUT2D eigenvalue weighted by molar-refractivity contribution is -0.151. The molecule has 0 aliphatic heterocycles. The molecule has 1 aromatic carbocycles. The second-order valence-corrected chi connectivity index (χ2v) is 4.80. The third kappa shape index (κ3) is 2.86. The Labute approximate surface area is 103 Å². The van der Waals surface area contributed by atoms with Crippen LogP contribution in [0.4, 0.5) is 0 Å². The summed E-state index contributed by atoms with van der Waals surface area (Å²) in [5, 5.41) is 0. The summed E-state index contributed by atoms with van der Waals surface area (Å²) in [6.45, 7) is 6.24. The van der Waals surface area contributed by atoms with Crippen LogP contribution in [0.15, 0.2) is 18.2 Å². The number of esters is 1. The summed E-state index contributed by atoms with van der Waals surface area (Å²) in [5.74, 6) is -0.248. The average Bonchev–Trinajstić information content (AvgIpc) is 2.32. The number of carbonyl (C=O) groups excluding carboxylic acids is 1. The number of nitrogens with two attached hydrogens (primary N) is 1. The van der Waals surface area contributed by atoms with Gasteiger partial charge >= 0.3 is 5.97 Å². The number of aryl methyl sites for hydroxylation is 2. The molecule has 0 spiro atoms. The van der Waals surface area contributed by atoms with Crippen LogP contribution in [0.3, 0.4) is 0 Å². The summed E-state index contributed by atoms with van der Waals surface area (Å²) < 4.78 is 4.84. The molecule has 3 nitrogen and oxygen atoms in total. The molecule has 0 saturated heterocycles. The summed E-state index contributed by atoms with van der Waals surface area (Å²) in [4.78, 5) is 11.8. The summed E-state index contributed by atoms with van der Waals surface area (Å²) in [7, 11) is 1.40. The standard InChI is InChI=1S/C14H21NO2/c1-10-6-5-7-11(2)12(10)8-14(3,9-15)13(16)17-4/h5-7H,8-9,15H2,1-4H3. The zero-order valence-electron chi connectivity index (χ0n) is 11.0. The van der Waals surface area contributed by atoms with Gasteiger partial charge in [-0.05, 0) is 43.9 Å². The molecule has 0 fully saturated rings. The molecule has 0 saturated carbocycles. The molecule has 0 heterocycles. The van der Waals surface area contributed by atoms with Crippen molar-refractivity contribution in [2.75, 3.05) is 13.7 Å². The lowest BCUT2D eigenvalue weighted by atomic mass is 9.81. The largest absolute Gasteiger partial charge is 0.469 e. The Bertz CT molecular complexity index is 394. The van der Waals surface area contributed by atoms with Crippen LogP contribution in [-0.4, -0.2) is 19.6 Å². The topological polar surface area (TPSA) is 52.3 Å². The van der Waals surface area contributed by atoms with Crippen LogP contribution >= 0.6 is 0 Å². The highest BCUT2D eigenvalue weighted by Crippen LogP contribution is 2.26. The maximum absolute atomic E-state index is 11.8. The molecule has 2 N–H and O–H groups in total. The molecule has 0 aromatic heterocycles. The Morgan fingerprint density at radius 1 is 1.35 bits per heavy atom. The van der Waals surface area contributed by atoms with E-state index in [1.807, 2.05) is 13.0 Å². The van der Waals surface area contributed by atoms with Crippen LogP contribution in [0.5, 0.6) is 0 Å². The van der Waals surface area contributed by atoms with Gasteiger partial charge in [-0.25, -0.2) is 0 Å². The van der Waals surface area contributed by atoms with E-state index in [1.54, 1.807) is 0 Å². The monoisotopic (exact) mass is 235 g/mol. The molecule has 0 amide bonds. The van der Waals surface area contributed by atoms with E-state index >= 15 is 0 Å². The first-order chi connectivity index (χ1) is 7.94. The van der Waals surface area contributed by atoms with Crippen LogP contribution in [-0.2, 0) is 16.0 Å². The number of hydrogen-bond donors (Lipinski definition) is 1. The molecule has 0 radical (unpaired) electrons. The number of methoxy groups -OCH3 is 1. The van der Waals surface area contributed by atoms with Crippen LogP contribution < -0.4 is 5.73 Å². The highest BCUT2D eigenvalue weighted by Gasteiger charge is 2.33. The highest BCUT2D eigenvalue weighted by atomic mass is 16.5. The van der Waals surface area contributed by atoms with Gasteiger partial charge in [0.15, 0.2) is 0 Å². The van der Waals surface area contributed by atoms with Crippen molar-refractivity contribution in [2.45, 2.75) is 27.2 Å². The van der Waals surface area contributed by atoms with E-state index in [1.165, 1.54) is 23.8 Å². The second kappa shape index (κ2) is 5.32. The third-order valence-corrected chi connectivity index (χ3v) is 3.34. The number of carbonyl (C=O) groups is 1. The van der Waals surface area contributed by atoms with E-state index in [-0.39, 0.29) is 12.5 Å². The van der Waals surface area contributed by atoms with Crippen molar-refractivity contribution in [3.63, 3.8) is 0 Å².